The number of rotatable bonds is 3. The molecule has 0 aromatic heterocycles. The summed E-state index contributed by atoms with van der Waals surface area (Å²) in [5.74, 6) is 0. The maximum absolute atomic E-state index is 8.57. The molecule has 0 bridgehead atoms. The van der Waals surface area contributed by atoms with Crippen molar-refractivity contribution in [3.63, 3.8) is 0 Å². The van der Waals surface area contributed by atoms with Crippen LogP contribution >= 0.6 is 0 Å². The van der Waals surface area contributed by atoms with Gasteiger partial charge in [-0.2, -0.15) is 0 Å². The molecule has 1 heterocycles. The zero-order valence-corrected chi connectivity index (χ0v) is 6.12. The van der Waals surface area contributed by atoms with Gasteiger partial charge in [0.25, 0.3) is 0 Å². The predicted molar refractivity (Wildman–Crippen MR) is 38.7 cm³/mol. The topological polar surface area (TPSA) is 55.5 Å². The minimum atomic E-state index is 0.224. The van der Waals surface area contributed by atoms with E-state index in [-0.39, 0.29) is 18.8 Å². The second-order valence-corrected chi connectivity index (χ2v) is 2.71. The van der Waals surface area contributed by atoms with Gasteiger partial charge in [-0.25, -0.2) is 0 Å². The fourth-order valence-corrected chi connectivity index (χ4v) is 1.31. The molecule has 0 saturated carbocycles. The lowest BCUT2D eigenvalue weighted by Gasteiger charge is -2.09. The fourth-order valence-electron chi connectivity index (χ4n) is 1.31. The Morgan fingerprint density at radius 2 is 2.10 bits per heavy atom. The summed E-state index contributed by atoms with van der Waals surface area (Å²) in [5, 5.41) is 8.57. The highest BCUT2D eigenvalue weighted by atomic mass is 16.5. The van der Waals surface area contributed by atoms with E-state index in [9.17, 15) is 0 Å². The van der Waals surface area contributed by atoms with Crippen molar-refractivity contribution in [3.05, 3.63) is 0 Å². The zero-order valence-electron chi connectivity index (χ0n) is 6.12. The molecule has 1 saturated heterocycles. The molecule has 3 nitrogen and oxygen atoms in total. The average Bonchev–Trinajstić information content (AvgIpc) is 2.37. The molecule has 0 unspecified atom stereocenters. The van der Waals surface area contributed by atoms with Gasteiger partial charge < -0.3 is 15.6 Å². The lowest BCUT2D eigenvalue weighted by Crippen LogP contribution is -2.20. The summed E-state index contributed by atoms with van der Waals surface area (Å²) in [7, 11) is 0. The van der Waals surface area contributed by atoms with Gasteiger partial charge in [-0.3, -0.25) is 0 Å². The Morgan fingerprint density at radius 1 is 1.40 bits per heavy atom. The van der Waals surface area contributed by atoms with Gasteiger partial charge in [-0.15, -0.1) is 0 Å². The maximum atomic E-state index is 8.57. The SMILES string of the molecule is NC[C@@H]1CC[C@H](CCO)O1. The summed E-state index contributed by atoms with van der Waals surface area (Å²) in [6.07, 6.45) is 3.38. The number of ether oxygens (including phenoxy) is 1. The first-order valence-corrected chi connectivity index (χ1v) is 3.83. The zero-order chi connectivity index (χ0) is 7.40. The van der Waals surface area contributed by atoms with Crippen LogP contribution in [0.2, 0.25) is 0 Å². The van der Waals surface area contributed by atoms with Gasteiger partial charge >= 0.3 is 0 Å². The van der Waals surface area contributed by atoms with E-state index in [4.69, 9.17) is 15.6 Å². The molecule has 60 valence electrons. The highest BCUT2D eigenvalue weighted by Gasteiger charge is 2.22. The molecule has 0 amide bonds. The molecule has 1 aliphatic rings. The van der Waals surface area contributed by atoms with E-state index in [0.717, 1.165) is 19.3 Å². The number of nitrogens with two attached hydrogens (primary N) is 1. The van der Waals surface area contributed by atoms with Gasteiger partial charge in [0.2, 0.25) is 0 Å². The van der Waals surface area contributed by atoms with Crippen molar-refractivity contribution in [2.75, 3.05) is 13.2 Å². The predicted octanol–water partition coefficient (Wildman–Crippen LogP) is -0.125. The minimum Gasteiger partial charge on any atom is -0.396 e. The molecule has 1 fully saturated rings. The normalized spacial score (nSPS) is 33.0. The first-order chi connectivity index (χ1) is 4.86. The number of hydrogen-bond donors (Lipinski definition) is 2. The van der Waals surface area contributed by atoms with Gasteiger partial charge in [-0.1, -0.05) is 0 Å². The quantitative estimate of drug-likeness (QED) is 0.582. The summed E-state index contributed by atoms with van der Waals surface area (Å²) < 4.78 is 5.47. The number of aliphatic hydroxyl groups is 1. The van der Waals surface area contributed by atoms with Crippen molar-refractivity contribution in [3.8, 4) is 0 Å². The van der Waals surface area contributed by atoms with E-state index < -0.39 is 0 Å². The molecule has 1 aliphatic heterocycles. The van der Waals surface area contributed by atoms with Crippen molar-refractivity contribution in [2.24, 2.45) is 5.73 Å². The van der Waals surface area contributed by atoms with Gasteiger partial charge in [-0.05, 0) is 19.3 Å². The number of aliphatic hydroxyl groups excluding tert-OH is 1. The van der Waals surface area contributed by atoms with Crippen LogP contribution in [0, 0.1) is 0 Å². The Morgan fingerprint density at radius 3 is 2.60 bits per heavy atom. The van der Waals surface area contributed by atoms with Crippen LogP contribution < -0.4 is 5.73 Å². The van der Waals surface area contributed by atoms with Crippen LogP contribution in [0.15, 0.2) is 0 Å². The lowest BCUT2D eigenvalue weighted by molar-refractivity contribution is 0.0357. The Balaban J connectivity index is 2.15. The fraction of sp³-hybridized carbons (Fsp3) is 1.00. The highest BCUT2D eigenvalue weighted by Crippen LogP contribution is 2.20. The molecule has 0 aliphatic carbocycles. The Kier molecular flexibility index (Phi) is 3.12. The van der Waals surface area contributed by atoms with Crippen LogP contribution in [0.25, 0.3) is 0 Å². The van der Waals surface area contributed by atoms with Crippen molar-refractivity contribution in [1.29, 1.82) is 0 Å². The maximum Gasteiger partial charge on any atom is 0.0702 e. The van der Waals surface area contributed by atoms with Crippen molar-refractivity contribution in [1.82, 2.24) is 0 Å². The van der Waals surface area contributed by atoms with Crippen molar-refractivity contribution >= 4 is 0 Å². The van der Waals surface area contributed by atoms with Crippen LogP contribution in [0.4, 0.5) is 0 Å². The molecular weight excluding hydrogens is 130 g/mol. The highest BCUT2D eigenvalue weighted by molar-refractivity contribution is 4.73. The monoisotopic (exact) mass is 145 g/mol. The third-order valence-corrected chi connectivity index (χ3v) is 1.91. The van der Waals surface area contributed by atoms with E-state index in [0.29, 0.717) is 6.54 Å². The van der Waals surface area contributed by atoms with E-state index in [1.807, 2.05) is 0 Å². The molecule has 1 rings (SSSR count). The van der Waals surface area contributed by atoms with Crippen LogP contribution in [0.3, 0.4) is 0 Å². The average molecular weight is 145 g/mol. The van der Waals surface area contributed by atoms with Crippen molar-refractivity contribution in [2.45, 2.75) is 31.5 Å². The van der Waals surface area contributed by atoms with Gasteiger partial charge in [0.1, 0.15) is 0 Å². The van der Waals surface area contributed by atoms with E-state index in [2.05, 4.69) is 0 Å². The van der Waals surface area contributed by atoms with Crippen LogP contribution in [-0.2, 0) is 4.74 Å². The first kappa shape index (κ1) is 7.98. The summed E-state index contributed by atoms with van der Waals surface area (Å²) in [6, 6.07) is 0. The minimum absolute atomic E-state index is 0.224. The molecule has 10 heavy (non-hydrogen) atoms. The van der Waals surface area contributed by atoms with Gasteiger partial charge in [0, 0.05) is 13.2 Å². The second kappa shape index (κ2) is 3.91. The summed E-state index contributed by atoms with van der Waals surface area (Å²) in [5.41, 5.74) is 5.40. The standard InChI is InChI=1S/C7H15NO2/c8-5-7-2-1-6(10-7)3-4-9/h6-7,9H,1-5,8H2/t6-,7+/m1/s1. The molecule has 0 aromatic rings. The third-order valence-electron chi connectivity index (χ3n) is 1.91. The summed E-state index contributed by atoms with van der Waals surface area (Å²) >= 11 is 0. The van der Waals surface area contributed by atoms with Crippen molar-refractivity contribution < 1.29 is 9.84 Å². The molecule has 0 spiro atoms. The first-order valence-electron chi connectivity index (χ1n) is 3.83. The van der Waals surface area contributed by atoms with Gasteiger partial charge in [0.05, 0.1) is 12.2 Å². The van der Waals surface area contributed by atoms with E-state index in [1.165, 1.54) is 0 Å². The third kappa shape index (κ3) is 1.94. The van der Waals surface area contributed by atoms with E-state index >= 15 is 0 Å². The van der Waals surface area contributed by atoms with E-state index in [1.54, 1.807) is 0 Å². The second-order valence-electron chi connectivity index (χ2n) is 2.71. The molecule has 0 radical (unpaired) electrons. The summed E-state index contributed by atoms with van der Waals surface area (Å²) in [6.45, 7) is 0.837. The molecule has 0 aromatic carbocycles. The lowest BCUT2D eigenvalue weighted by atomic mass is 10.1. The molecule has 3 heteroatoms. The van der Waals surface area contributed by atoms with Crippen LogP contribution in [0.5, 0.6) is 0 Å². The Hall–Kier alpha value is -0.120. The summed E-state index contributed by atoms with van der Waals surface area (Å²) in [4.78, 5) is 0. The smallest absolute Gasteiger partial charge is 0.0702 e. The van der Waals surface area contributed by atoms with Crippen LogP contribution in [-0.4, -0.2) is 30.5 Å². The largest absolute Gasteiger partial charge is 0.396 e. The van der Waals surface area contributed by atoms with Crippen LogP contribution in [0.1, 0.15) is 19.3 Å². The molecule has 2 atom stereocenters. The molecular formula is C7H15NO2. The Bertz CT molecular complexity index is 97.6. The number of hydrogen-bond acceptors (Lipinski definition) is 3. The molecule has 3 N–H and O–H groups in total. The van der Waals surface area contributed by atoms with Gasteiger partial charge in [0.15, 0.2) is 0 Å². The Labute approximate surface area is 61.2 Å².